The van der Waals surface area contributed by atoms with E-state index in [4.69, 9.17) is 9.47 Å². The SMILES string of the molecule is CCc1nnc(NC(=O)C(C#N)=Cc2ccc(OCc3ccccc3CS(=O)(=O)c3ccccc3)c(OC)c2)s1. The van der Waals surface area contributed by atoms with Crippen LogP contribution in [0.1, 0.15) is 28.6 Å². The number of hydrogen-bond acceptors (Lipinski definition) is 9. The first-order valence-electron chi connectivity index (χ1n) is 12.2. The zero-order valence-corrected chi connectivity index (χ0v) is 23.5. The van der Waals surface area contributed by atoms with Gasteiger partial charge in [-0.25, -0.2) is 8.42 Å². The number of nitrogens with zero attached hydrogens (tertiary/aromatic N) is 3. The Bertz CT molecular complexity index is 1680. The molecular formula is C29H26N4O5S2. The maximum Gasteiger partial charge on any atom is 0.268 e. The second-order valence-electron chi connectivity index (χ2n) is 8.52. The van der Waals surface area contributed by atoms with E-state index < -0.39 is 15.7 Å². The number of sulfone groups is 1. The lowest BCUT2D eigenvalue weighted by Crippen LogP contribution is -2.13. The van der Waals surface area contributed by atoms with E-state index in [1.807, 2.05) is 25.1 Å². The predicted octanol–water partition coefficient (Wildman–Crippen LogP) is 5.21. The maximum atomic E-state index is 12.9. The van der Waals surface area contributed by atoms with Crippen LogP contribution in [0.4, 0.5) is 5.13 Å². The van der Waals surface area contributed by atoms with Crippen molar-refractivity contribution >= 4 is 38.3 Å². The molecule has 4 aromatic rings. The highest BCUT2D eigenvalue weighted by Crippen LogP contribution is 2.30. The molecule has 0 aliphatic rings. The molecule has 0 saturated carbocycles. The first kappa shape index (κ1) is 28.5. The maximum absolute atomic E-state index is 12.9. The summed E-state index contributed by atoms with van der Waals surface area (Å²) < 4.78 is 37.3. The summed E-state index contributed by atoms with van der Waals surface area (Å²) in [5.74, 6) is 0.0530. The van der Waals surface area contributed by atoms with Gasteiger partial charge in [0.2, 0.25) is 5.13 Å². The van der Waals surface area contributed by atoms with Crippen molar-refractivity contribution in [3.63, 3.8) is 0 Å². The van der Waals surface area contributed by atoms with Crippen LogP contribution in [0, 0.1) is 11.3 Å². The number of nitriles is 1. The summed E-state index contributed by atoms with van der Waals surface area (Å²) in [6.45, 7) is 2.04. The average molecular weight is 575 g/mol. The van der Waals surface area contributed by atoms with E-state index >= 15 is 0 Å². The molecule has 204 valence electrons. The molecule has 1 aromatic heterocycles. The molecule has 0 atom stereocenters. The number of hydrogen-bond donors (Lipinski definition) is 1. The third-order valence-electron chi connectivity index (χ3n) is 5.80. The van der Waals surface area contributed by atoms with Crippen molar-refractivity contribution in [1.29, 1.82) is 5.26 Å². The predicted molar refractivity (Wildman–Crippen MR) is 153 cm³/mol. The molecule has 40 heavy (non-hydrogen) atoms. The number of benzene rings is 3. The van der Waals surface area contributed by atoms with Crippen LogP contribution in [0.5, 0.6) is 11.5 Å². The van der Waals surface area contributed by atoms with Gasteiger partial charge in [-0.3, -0.25) is 10.1 Å². The summed E-state index contributed by atoms with van der Waals surface area (Å²) in [5, 5.41) is 21.1. The smallest absolute Gasteiger partial charge is 0.268 e. The molecule has 11 heteroatoms. The molecule has 9 nitrogen and oxygen atoms in total. The molecule has 0 saturated heterocycles. The first-order valence-corrected chi connectivity index (χ1v) is 14.7. The molecule has 0 spiro atoms. The van der Waals surface area contributed by atoms with Crippen LogP contribution in [-0.2, 0) is 33.4 Å². The Morgan fingerprint density at radius 3 is 2.42 bits per heavy atom. The van der Waals surface area contributed by atoms with Crippen LogP contribution >= 0.6 is 11.3 Å². The van der Waals surface area contributed by atoms with Gasteiger partial charge < -0.3 is 9.47 Å². The van der Waals surface area contributed by atoms with Crippen LogP contribution < -0.4 is 14.8 Å². The second kappa shape index (κ2) is 13.0. The fourth-order valence-corrected chi connectivity index (χ4v) is 5.83. The van der Waals surface area contributed by atoms with Crippen LogP contribution in [0.15, 0.2) is 83.3 Å². The lowest BCUT2D eigenvalue weighted by molar-refractivity contribution is -0.112. The number of aryl methyl sites for hydroxylation is 1. The summed E-state index contributed by atoms with van der Waals surface area (Å²) in [7, 11) is -2.05. The largest absolute Gasteiger partial charge is 0.493 e. The fourth-order valence-electron chi connectivity index (χ4n) is 3.73. The van der Waals surface area contributed by atoms with E-state index in [1.54, 1.807) is 60.7 Å². The standard InChI is InChI=1S/C29H26N4O5S2/c1-3-27-32-33-29(39-27)31-28(34)23(17-30)15-20-13-14-25(26(16-20)37-2)38-18-21-9-7-8-10-22(21)19-40(35,36)24-11-5-4-6-12-24/h4-16H,3,18-19H2,1-2H3,(H,31,33,34). The fraction of sp³-hybridized carbons (Fsp3) is 0.172. The molecule has 4 rings (SSSR count). The summed E-state index contributed by atoms with van der Waals surface area (Å²) in [4.78, 5) is 12.8. The Hall–Kier alpha value is -4.53. The molecule has 1 N–H and O–H groups in total. The lowest BCUT2D eigenvalue weighted by atomic mass is 10.1. The minimum absolute atomic E-state index is 0.111. The van der Waals surface area contributed by atoms with E-state index in [-0.39, 0.29) is 22.8 Å². The van der Waals surface area contributed by atoms with Crippen LogP contribution in [-0.4, -0.2) is 31.6 Å². The normalized spacial score (nSPS) is 11.5. The molecule has 1 heterocycles. The Morgan fingerprint density at radius 2 is 1.75 bits per heavy atom. The van der Waals surface area contributed by atoms with Gasteiger partial charge in [0.1, 0.15) is 23.3 Å². The van der Waals surface area contributed by atoms with Gasteiger partial charge in [0.15, 0.2) is 21.3 Å². The summed E-state index contributed by atoms with van der Waals surface area (Å²) >= 11 is 1.25. The molecule has 1 amide bonds. The van der Waals surface area contributed by atoms with Gasteiger partial charge in [0.05, 0.1) is 17.8 Å². The van der Waals surface area contributed by atoms with E-state index in [0.29, 0.717) is 34.2 Å². The Balaban J connectivity index is 1.48. The van der Waals surface area contributed by atoms with Crippen molar-refractivity contribution in [3.05, 3.63) is 100 Å². The van der Waals surface area contributed by atoms with Gasteiger partial charge in [0.25, 0.3) is 5.91 Å². The molecule has 0 aliphatic heterocycles. The zero-order chi connectivity index (χ0) is 28.5. The molecule has 0 radical (unpaired) electrons. The number of rotatable bonds is 11. The molecule has 0 fully saturated rings. The topological polar surface area (TPSA) is 131 Å². The highest BCUT2D eigenvalue weighted by Gasteiger charge is 2.18. The second-order valence-corrected chi connectivity index (χ2v) is 11.6. The lowest BCUT2D eigenvalue weighted by Gasteiger charge is -2.14. The minimum Gasteiger partial charge on any atom is -0.493 e. The quantitative estimate of drug-likeness (QED) is 0.191. The van der Waals surface area contributed by atoms with E-state index in [9.17, 15) is 18.5 Å². The number of methoxy groups -OCH3 is 1. The van der Waals surface area contributed by atoms with Gasteiger partial charge in [0, 0.05) is 0 Å². The van der Waals surface area contributed by atoms with Gasteiger partial charge in [-0.05, 0) is 53.5 Å². The van der Waals surface area contributed by atoms with Crippen LogP contribution in [0.2, 0.25) is 0 Å². The monoisotopic (exact) mass is 574 g/mol. The van der Waals surface area contributed by atoms with Crippen LogP contribution in [0.25, 0.3) is 6.08 Å². The van der Waals surface area contributed by atoms with Gasteiger partial charge in [-0.1, -0.05) is 66.8 Å². The number of carbonyl (C=O) groups is 1. The number of nitrogens with one attached hydrogen (secondary N) is 1. The summed E-state index contributed by atoms with van der Waals surface area (Å²) in [6.07, 6.45) is 2.13. The minimum atomic E-state index is -3.53. The third kappa shape index (κ3) is 7.11. The molecule has 0 unspecified atom stereocenters. The highest BCUT2D eigenvalue weighted by atomic mass is 32.2. The average Bonchev–Trinajstić information content (AvgIpc) is 3.43. The van der Waals surface area contributed by atoms with Crippen molar-refractivity contribution in [1.82, 2.24) is 10.2 Å². The number of carbonyl (C=O) groups excluding carboxylic acids is 1. The van der Waals surface area contributed by atoms with Crippen LogP contribution in [0.3, 0.4) is 0 Å². The van der Waals surface area contributed by atoms with Gasteiger partial charge >= 0.3 is 0 Å². The van der Waals surface area contributed by atoms with Crippen molar-refractivity contribution in [2.75, 3.05) is 12.4 Å². The molecule has 0 aliphatic carbocycles. The first-order chi connectivity index (χ1) is 19.3. The van der Waals surface area contributed by atoms with Crippen molar-refractivity contribution in [2.24, 2.45) is 0 Å². The van der Waals surface area contributed by atoms with Crippen molar-refractivity contribution in [3.8, 4) is 17.6 Å². The highest BCUT2D eigenvalue weighted by molar-refractivity contribution is 7.90. The third-order valence-corrected chi connectivity index (χ3v) is 8.47. The van der Waals surface area contributed by atoms with Crippen molar-refractivity contribution in [2.45, 2.75) is 30.6 Å². The molecule has 3 aromatic carbocycles. The summed E-state index contributed by atoms with van der Waals surface area (Å²) in [5.41, 5.74) is 1.80. The van der Waals surface area contributed by atoms with Gasteiger partial charge in [-0.15, -0.1) is 10.2 Å². The molecule has 0 bridgehead atoms. The Morgan fingerprint density at radius 1 is 1.02 bits per heavy atom. The van der Waals surface area contributed by atoms with E-state index in [0.717, 1.165) is 10.6 Å². The number of aromatic nitrogens is 2. The number of ether oxygens (including phenoxy) is 2. The Kier molecular flexibility index (Phi) is 9.27. The van der Waals surface area contributed by atoms with E-state index in [1.165, 1.54) is 24.5 Å². The number of amides is 1. The van der Waals surface area contributed by atoms with Gasteiger partial charge in [-0.2, -0.15) is 5.26 Å². The Labute approximate surface area is 236 Å². The van der Waals surface area contributed by atoms with Crippen molar-refractivity contribution < 1.29 is 22.7 Å². The number of anilines is 1. The van der Waals surface area contributed by atoms with E-state index in [2.05, 4.69) is 15.5 Å². The zero-order valence-electron chi connectivity index (χ0n) is 21.8. The summed E-state index contributed by atoms with van der Waals surface area (Å²) in [6, 6.07) is 22.4. The molecular weight excluding hydrogens is 548 g/mol.